The van der Waals surface area contributed by atoms with Crippen LogP contribution in [-0.4, -0.2) is 11.1 Å². The van der Waals surface area contributed by atoms with Crippen LogP contribution in [-0.2, 0) is 0 Å². The van der Waals surface area contributed by atoms with Crippen LogP contribution in [0.25, 0.3) is 6.08 Å². The third kappa shape index (κ3) is 4.11. The Balaban J connectivity index is 2.06. The van der Waals surface area contributed by atoms with Gasteiger partial charge in [0.25, 0.3) is 5.69 Å². The molecule has 0 aliphatic carbocycles. The average Bonchev–Trinajstić information content (AvgIpc) is 2.47. The lowest BCUT2D eigenvalue weighted by Crippen LogP contribution is -1.86. The first-order chi connectivity index (χ1) is 10.1. The second kappa shape index (κ2) is 6.61. The molecule has 2 rings (SSSR count). The smallest absolute Gasteiger partial charge is 0.258 e. The van der Waals surface area contributed by atoms with E-state index in [2.05, 4.69) is 11.1 Å². The number of nitrogens with zero attached hydrogens (tertiary/aromatic N) is 2. The molecule has 0 saturated carbocycles. The van der Waals surface area contributed by atoms with Crippen LogP contribution in [0.4, 0.5) is 11.4 Å². The number of aliphatic imine (C=N–C) groups is 1. The maximum atomic E-state index is 10.6. The summed E-state index contributed by atoms with van der Waals surface area (Å²) in [6.07, 6.45) is 5.41. The van der Waals surface area contributed by atoms with E-state index >= 15 is 0 Å². The Kier molecular flexibility index (Phi) is 4.61. The molecule has 0 radical (unpaired) electrons. The number of benzene rings is 2. The summed E-state index contributed by atoms with van der Waals surface area (Å²) >= 11 is 0. The molecule has 0 unspecified atom stereocenters. The van der Waals surface area contributed by atoms with E-state index in [9.17, 15) is 10.1 Å². The van der Waals surface area contributed by atoms with E-state index in [0.29, 0.717) is 0 Å². The van der Waals surface area contributed by atoms with Gasteiger partial charge >= 0.3 is 0 Å². The van der Waals surface area contributed by atoms with Gasteiger partial charge < -0.3 is 0 Å². The molecule has 0 atom stereocenters. The van der Waals surface area contributed by atoms with Gasteiger partial charge in [0.2, 0.25) is 0 Å². The van der Waals surface area contributed by atoms with Gasteiger partial charge in [-0.25, -0.2) is 0 Å². The topological polar surface area (TPSA) is 55.5 Å². The standard InChI is InChI=1S/C17H16N2O2/c1-13-5-6-14(2)17(12-13)18-11-3-4-15-7-9-16(10-8-15)19(20)21/h3-12H,1-2H3/b4-3-,18-11?. The van der Waals surface area contributed by atoms with Crippen molar-refractivity contribution in [1.82, 2.24) is 0 Å². The summed E-state index contributed by atoms with van der Waals surface area (Å²) in [6, 6.07) is 12.5. The largest absolute Gasteiger partial charge is 0.269 e. The molecule has 0 N–H and O–H groups in total. The molecule has 106 valence electrons. The van der Waals surface area contributed by atoms with Gasteiger partial charge in [0.15, 0.2) is 0 Å². The number of hydrogen-bond donors (Lipinski definition) is 0. The van der Waals surface area contributed by atoms with Crippen molar-refractivity contribution in [3.63, 3.8) is 0 Å². The minimum absolute atomic E-state index is 0.0937. The summed E-state index contributed by atoms with van der Waals surface area (Å²) in [4.78, 5) is 14.6. The Labute approximate surface area is 123 Å². The lowest BCUT2D eigenvalue weighted by atomic mass is 10.1. The molecule has 4 heteroatoms. The third-order valence-corrected chi connectivity index (χ3v) is 3.06. The minimum Gasteiger partial charge on any atom is -0.258 e. The van der Waals surface area contributed by atoms with Gasteiger partial charge in [-0.3, -0.25) is 15.1 Å². The number of non-ortho nitro benzene ring substituents is 1. The van der Waals surface area contributed by atoms with Crippen LogP contribution in [0.5, 0.6) is 0 Å². The molecule has 0 bridgehead atoms. The van der Waals surface area contributed by atoms with Gasteiger partial charge in [0.05, 0.1) is 10.6 Å². The van der Waals surface area contributed by atoms with Crippen molar-refractivity contribution < 1.29 is 4.92 Å². The highest BCUT2D eigenvalue weighted by atomic mass is 16.6. The van der Waals surface area contributed by atoms with Crippen LogP contribution in [0.1, 0.15) is 16.7 Å². The predicted molar refractivity (Wildman–Crippen MR) is 86.2 cm³/mol. The molecule has 0 spiro atoms. The van der Waals surface area contributed by atoms with E-state index in [1.54, 1.807) is 18.3 Å². The second-order valence-corrected chi connectivity index (χ2v) is 4.78. The molecule has 0 saturated heterocycles. The molecule has 0 aliphatic rings. The summed E-state index contributed by atoms with van der Waals surface area (Å²) < 4.78 is 0. The third-order valence-electron chi connectivity index (χ3n) is 3.06. The number of rotatable bonds is 4. The number of aryl methyl sites for hydroxylation is 2. The Hall–Kier alpha value is -2.75. The maximum Gasteiger partial charge on any atom is 0.269 e. The van der Waals surface area contributed by atoms with Crippen molar-refractivity contribution in [2.24, 2.45) is 4.99 Å². The van der Waals surface area contributed by atoms with Crippen LogP contribution in [0, 0.1) is 24.0 Å². The number of nitro groups is 1. The fourth-order valence-corrected chi connectivity index (χ4v) is 1.84. The van der Waals surface area contributed by atoms with Crippen molar-refractivity contribution in [2.75, 3.05) is 0 Å². The first-order valence-corrected chi connectivity index (χ1v) is 6.59. The van der Waals surface area contributed by atoms with E-state index < -0.39 is 4.92 Å². The van der Waals surface area contributed by atoms with Gasteiger partial charge in [-0.15, -0.1) is 0 Å². The first kappa shape index (κ1) is 14.7. The average molecular weight is 280 g/mol. The van der Waals surface area contributed by atoms with Gasteiger partial charge in [-0.05, 0) is 54.8 Å². The highest BCUT2D eigenvalue weighted by Gasteiger charge is 2.01. The van der Waals surface area contributed by atoms with Gasteiger partial charge in [0.1, 0.15) is 0 Å². The van der Waals surface area contributed by atoms with Crippen molar-refractivity contribution in [3.05, 3.63) is 75.3 Å². The van der Waals surface area contributed by atoms with Crippen LogP contribution < -0.4 is 0 Å². The number of hydrogen-bond acceptors (Lipinski definition) is 3. The summed E-state index contributed by atoms with van der Waals surface area (Å²) in [7, 11) is 0. The lowest BCUT2D eigenvalue weighted by molar-refractivity contribution is -0.384. The van der Waals surface area contributed by atoms with E-state index in [1.807, 2.05) is 38.1 Å². The highest BCUT2D eigenvalue weighted by molar-refractivity contribution is 5.81. The van der Waals surface area contributed by atoms with Crippen LogP contribution in [0.2, 0.25) is 0 Å². The summed E-state index contributed by atoms with van der Waals surface area (Å²) in [6.45, 7) is 4.05. The Bertz CT molecular complexity index is 701. The molecule has 0 aromatic heterocycles. The molecule has 0 aliphatic heterocycles. The van der Waals surface area contributed by atoms with E-state index in [1.165, 1.54) is 17.7 Å². The molecule has 4 nitrogen and oxygen atoms in total. The predicted octanol–water partition coefficient (Wildman–Crippen LogP) is 4.63. The maximum absolute atomic E-state index is 10.6. The van der Waals surface area contributed by atoms with Gasteiger partial charge in [-0.2, -0.15) is 0 Å². The van der Waals surface area contributed by atoms with Crippen molar-refractivity contribution >= 4 is 23.7 Å². The fourth-order valence-electron chi connectivity index (χ4n) is 1.84. The Morgan fingerprint density at radius 1 is 1.10 bits per heavy atom. The Morgan fingerprint density at radius 3 is 2.48 bits per heavy atom. The second-order valence-electron chi connectivity index (χ2n) is 4.78. The summed E-state index contributed by atoms with van der Waals surface area (Å²) in [5.41, 5.74) is 4.24. The molecule has 0 amide bonds. The molecule has 0 fully saturated rings. The minimum atomic E-state index is -0.407. The van der Waals surface area contributed by atoms with Crippen molar-refractivity contribution in [2.45, 2.75) is 13.8 Å². The molecule has 21 heavy (non-hydrogen) atoms. The summed E-state index contributed by atoms with van der Waals surface area (Å²) in [5.74, 6) is 0. The molecular formula is C17H16N2O2. The molecule has 2 aromatic carbocycles. The zero-order valence-electron chi connectivity index (χ0n) is 12.0. The van der Waals surface area contributed by atoms with Gasteiger partial charge in [-0.1, -0.05) is 18.2 Å². The van der Waals surface area contributed by atoms with Crippen molar-refractivity contribution in [1.29, 1.82) is 0 Å². The van der Waals surface area contributed by atoms with Crippen LogP contribution >= 0.6 is 0 Å². The first-order valence-electron chi connectivity index (χ1n) is 6.59. The van der Waals surface area contributed by atoms with E-state index in [0.717, 1.165) is 16.8 Å². The number of allylic oxidation sites excluding steroid dienone is 1. The number of nitro benzene ring substituents is 1. The molecule has 0 heterocycles. The quantitative estimate of drug-likeness (QED) is 0.466. The monoisotopic (exact) mass is 280 g/mol. The SMILES string of the molecule is Cc1ccc(C)c(N=C/C=C\c2ccc([N+](=O)[O-])cc2)c1. The zero-order valence-corrected chi connectivity index (χ0v) is 12.0. The fraction of sp³-hybridized carbons (Fsp3) is 0.118. The normalized spacial score (nSPS) is 11.3. The molecule has 2 aromatic rings. The van der Waals surface area contributed by atoms with Gasteiger partial charge in [0, 0.05) is 18.3 Å². The lowest BCUT2D eigenvalue weighted by Gasteiger charge is -2.00. The van der Waals surface area contributed by atoms with Crippen LogP contribution in [0.15, 0.2) is 53.5 Å². The molecular weight excluding hydrogens is 264 g/mol. The van der Waals surface area contributed by atoms with E-state index in [-0.39, 0.29) is 5.69 Å². The zero-order chi connectivity index (χ0) is 15.2. The highest BCUT2D eigenvalue weighted by Crippen LogP contribution is 2.19. The van der Waals surface area contributed by atoms with Crippen LogP contribution in [0.3, 0.4) is 0 Å². The van der Waals surface area contributed by atoms with E-state index in [4.69, 9.17) is 0 Å². The van der Waals surface area contributed by atoms with Crippen molar-refractivity contribution in [3.8, 4) is 0 Å². The Morgan fingerprint density at radius 2 is 1.81 bits per heavy atom. The summed E-state index contributed by atoms with van der Waals surface area (Å²) in [5, 5.41) is 10.6.